The fraction of sp³-hybridized carbons (Fsp3) is 0.528. The van der Waals surface area contributed by atoms with Crippen LogP contribution < -0.4 is 65.1 Å². The maximum atomic E-state index is 15.6. The van der Waals surface area contributed by atoms with Gasteiger partial charge >= 0.3 is 0 Å². The number of phenols is 1. The monoisotopic (exact) mass is 1840 g/mol. The fourth-order valence-electron chi connectivity index (χ4n) is 16.5. The molecule has 0 aliphatic carbocycles. The molecule has 15 atom stereocenters. The van der Waals surface area contributed by atoms with E-state index in [-0.39, 0.29) is 95.2 Å². The number of aromatic nitrogens is 4. The number of rotatable bonds is 24. The van der Waals surface area contributed by atoms with Gasteiger partial charge in [0.2, 0.25) is 94.5 Å². The number of Topliss-reactive ketones (excluding diaryl/α,β-unsaturated/α-hetero) is 1. The zero-order chi connectivity index (χ0) is 95.4. The van der Waals surface area contributed by atoms with Crippen molar-refractivity contribution in [2.75, 3.05) is 65.4 Å². The van der Waals surface area contributed by atoms with E-state index >= 15 is 33.6 Å². The molecule has 710 valence electrons. The molecule has 42 heteroatoms. The van der Waals surface area contributed by atoms with E-state index in [2.05, 4.69) is 67.8 Å². The number of para-hydroxylation sites is 2. The molecule has 3 aliphatic heterocycles. The number of aromatic amines is 3. The molecule has 0 saturated carbocycles. The summed E-state index contributed by atoms with van der Waals surface area (Å²) in [5.74, 6) is -17.9. The number of carbonyl (C=O) groups excluding carboxylic acids is 17. The van der Waals surface area contributed by atoms with Gasteiger partial charge < -0.3 is 120 Å². The zero-order valence-corrected chi connectivity index (χ0v) is 75.5. The van der Waals surface area contributed by atoms with Crippen LogP contribution in [0.25, 0.3) is 21.8 Å². The molecule has 21 N–H and O–H groups in total. The number of nitrogens with two attached hydrogens (primary N) is 3. The number of aliphatic hydroxyl groups is 2. The molecule has 0 bridgehead atoms. The first-order valence-corrected chi connectivity index (χ1v) is 45.3. The number of carbonyl (C=O) groups is 17. The van der Waals surface area contributed by atoms with Crippen molar-refractivity contribution < 1.29 is 96.8 Å². The number of amides is 16. The lowest BCUT2D eigenvalue weighted by atomic mass is 9.90. The normalized spacial score (nSPS) is 25.2. The van der Waals surface area contributed by atoms with Crippen LogP contribution in [0.2, 0.25) is 0 Å². The number of aliphatic hydroxyl groups excluding tert-OH is 2. The Morgan fingerprint density at radius 2 is 1.15 bits per heavy atom. The van der Waals surface area contributed by atoms with E-state index < -0.39 is 235 Å². The van der Waals surface area contributed by atoms with E-state index in [1.165, 1.54) is 71.8 Å². The highest BCUT2D eigenvalue weighted by molar-refractivity contribution is 8.00. The lowest BCUT2D eigenvalue weighted by Gasteiger charge is -2.36. The molecule has 3 aliphatic rings. The van der Waals surface area contributed by atoms with Gasteiger partial charge in [-0.05, 0) is 113 Å². The van der Waals surface area contributed by atoms with Crippen LogP contribution in [-0.2, 0) is 107 Å². The van der Waals surface area contributed by atoms with E-state index in [1.807, 2.05) is 13.8 Å². The summed E-state index contributed by atoms with van der Waals surface area (Å²) in [6, 6.07) is 0.0883. The summed E-state index contributed by atoms with van der Waals surface area (Å²) >= 11 is 0.783. The van der Waals surface area contributed by atoms with Crippen LogP contribution in [0.5, 0.6) is 5.75 Å². The van der Waals surface area contributed by atoms with Gasteiger partial charge in [-0.15, -0.1) is 11.8 Å². The Morgan fingerprint density at radius 1 is 0.557 bits per heavy atom. The van der Waals surface area contributed by atoms with Crippen molar-refractivity contribution in [2.24, 2.45) is 23.1 Å². The van der Waals surface area contributed by atoms with E-state index in [0.717, 1.165) is 36.3 Å². The number of phenolic OH excluding ortho intramolecular Hbond substituents is 1. The highest BCUT2D eigenvalue weighted by Crippen LogP contribution is 2.30. The number of primary amides is 2. The number of nitrogens with one attached hydrogen (secondary N) is 12. The van der Waals surface area contributed by atoms with Gasteiger partial charge in [-0.25, -0.2) is 4.98 Å². The number of aromatic hydroxyl groups is 1. The molecule has 3 aromatic heterocycles. The van der Waals surface area contributed by atoms with Gasteiger partial charge in [0, 0.05) is 118 Å². The van der Waals surface area contributed by atoms with Crippen LogP contribution in [0.3, 0.4) is 0 Å². The summed E-state index contributed by atoms with van der Waals surface area (Å²) < 4.78 is 0. The Balaban J connectivity index is 1.08. The second-order valence-corrected chi connectivity index (χ2v) is 34.6. The summed E-state index contributed by atoms with van der Waals surface area (Å²) in [4.78, 5) is 267. The first-order valence-electron chi connectivity index (χ1n) is 44.2. The third-order valence-electron chi connectivity index (χ3n) is 24.0. The standard InChI is InChI=1S/C89H123N21O20S/c1-8-10-24-69-83(124)98-49(3)77(118)105-68(80(121)96-43-75(92)116)46-131-47-76(117)99-64(33-51-27-29-56(112)30-28-51)85(126)106(5)50(4)78(119)102-66(39-74(91)115)88(129)109-32-18-26-70(109)84(125)101-63(37-55-42-93-48-97-55)81(122)100-62(23-16-17-31-90)87(128)110-44-57(113)38-72(110)73(114)36-52(34-53-40-94-60-21-14-12-19-58(53)60)79(120)104-67(45-111)82(123)103-65(35-54-41-95-61-22-15-13-20-59(54)61)86(127)108(7)71(25-11-9-2)89(130)107(69)6/h12-15,19-22,27-30,40-42,48-50,52,57,62-72,94-95,111-113H,8-11,16-18,23-26,31-39,43-47,90H2,1-7H3,(H2,91,115)(H2,92,116)(H,93,97)(H,96,121)(H,98,124)(H,99,117)(H,100,122)(H,101,125)(H,102,119)(H,103,123)(H,104,120)(H,105,118)/t49-,50-,52+,57+,62-,63-,64-,65-,66-,67-,68-,69-,70-,71-,72-/m0/s1. The maximum Gasteiger partial charge on any atom is 0.246 e. The molecule has 3 saturated heterocycles. The highest BCUT2D eigenvalue weighted by Gasteiger charge is 2.47. The van der Waals surface area contributed by atoms with Crippen molar-refractivity contribution in [1.82, 2.24) is 92.3 Å². The third kappa shape index (κ3) is 27.9. The molecule has 16 amide bonds. The van der Waals surface area contributed by atoms with Gasteiger partial charge in [0.1, 0.15) is 78.3 Å². The number of H-pyrrole nitrogens is 3. The molecule has 0 radical (unpaired) electrons. The average Bonchev–Trinajstić information content (AvgIpc) is 1.59. The Morgan fingerprint density at radius 3 is 1.77 bits per heavy atom. The lowest BCUT2D eigenvalue weighted by Crippen LogP contribution is -2.60. The molecule has 9 rings (SSSR count). The number of thioether (sulfide) groups is 1. The van der Waals surface area contributed by atoms with Gasteiger partial charge in [-0.3, -0.25) is 81.5 Å². The van der Waals surface area contributed by atoms with E-state index in [9.17, 15) is 63.3 Å². The second-order valence-electron chi connectivity index (χ2n) is 33.6. The molecule has 3 fully saturated rings. The predicted molar refractivity (Wildman–Crippen MR) is 481 cm³/mol. The molecule has 3 aromatic carbocycles. The van der Waals surface area contributed by atoms with Gasteiger partial charge in [-0.1, -0.05) is 88.1 Å². The predicted octanol–water partition coefficient (Wildman–Crippen LogP) is -2.00. The molecular weight excluding hydrogens is 1720 g/mol. The Bertz CT molecular complexity index is 5050. The Labute approximate surface area is 761 Å². The molecule has 131 heavy (non-hydrogen) atoms. The summed E-state index contributed by atoms with van der Waals surface area (Å²) in [5, 5.41) is 57.8. The quantitative estimate of drug-likeness (QED) is 0.0292. The summed E-state index contributed by atoms with van der Waals surface area (Å²) in [5.41, 5.74) is 20.1. The van der Waals surface area contributed by atoms with E-state index in [1.54, 1.807) is 60.9 Å². The molecular formula is C89H123N21O20S. The molecule has 0 unspecified atom stereocenters. The van der Waals surface area contributed by atoms with Gasteiger partial charge in [0.15, 0.2) is 5.78 Å². The minimum atomic E-state index is -1.84. The Kier molecular flexibility index (Phi) is 37.9. The number of imidazole rings is 1. The number of nitrogens with zero attached hydrogens (tertiary/aromatic N) is 6. The Hall–Kier alpha value is -12.8. The SMILES string of the molecule is CCCC[C@H]1C(=O)N(C)[C@@H](CCCC)C(=O)N[C@@H](C)C(=O)N[C@H](C(=O)NCC(N)=O)CSCC(=O)N[C@@H](Cc2ccc(O)cc2)C(=O)N(C)[C@@H](C)C(=O)N[C@@H](CC(N)=O)C(=O)N2CCC[C@H]2C(=O)N[C@@H](Cc2c[nH]cn2)C(=O)N[C@@H](CCCCN)C(=O)N2C[C@H](O)C[C@H]2C(=O)C[C@@H](Cc2c[nH]c3ccccc23)C(=O)N[C@@H](CO)C(=O)N[C@@H](Cc2c[nH]c3ccccc23)C(=O)N1C. The summed E-state index contributed by atoms with van der Waals surface area (Å²) in [6.07, 6.45) is 4.34. The van der Waals surface area contributed by atoms with Gasteiger partial charge in [0.25, 0.3) is 0 Å². The van der Waals surface area contributed by atoms with E-state index in [0.29, 0.717) is 70.6 Å². The highest BCUT2D eigenvalue weighted by atomic mass is 32.2. The number of hydrogen-bond donors (Lipinski definition) is 18. The smallest absolute Gasteiger partial charge is 0.246 e. The first kappa shape index (κ1) is 102. The molecule has 41 nitrogen and oxygen atoms in total. The van der Waals surface area contributed by atoms with Gasteiger partial charge in [0.05, 0.1) is 49.5 Å². The minimum absolute atomic E-state index is 0.0138. The maximum absolute atomic E-state index is 15.6. The van der Waals surface area contributed by atoms with Crippen molar-refractivity contribution in [1.29, 1.82) is 0 Å². The molecule has 6 heterocycles. The minimum Gasteiger partial charge on any atom is -0.508 e. The number of unbranched alkanes of at least 4 members (excludes halogenated alkanes) is 3. The van der Waals surface area contributed by atoms with Crippen molar-refractivity contribution in [3.05, 3.63) is 120 Å². The van der Waals surface area contributed by atoms with Crippen molar-refractivity contribution in [3.8, 4) is 5.75 Å². The zero-order valence-electron chi connectivity index (χ0n) is 74.7. The van der Waals surface area contributed by atoms with Crippen LogP contribution in [0, 0.1) is 5.92 Å². The van der Waals surface area contributed by atoms with Crippen molar-refractivity contribution in [3.63, 3.8) is 0 Å². The van der Waals surface area contributed by atoms with Crippen LogP contribution >= 0.6 is 11.8 Å². The van der Waals surface area contributed by atoms with Crippen LogP contribution in [0.1, 0.15) is 140 Å². The number of likely N-dealkylation sites (N-methyl/N-ethyl adjacent to an activating group) is 3. The van der Waals surface area contributed by atoms with Gasteiger partial charge in [-0.2, -0.15) is 0 Å². The number of fused-ring (bicyclic) bond motifs is 4. The van der Waals surface area contributed by atoms with Crippen LogP contribution in [0.15, 0.2) is 97.7 Å². The van der Waals surface area contributed by atoms with Crippen LogP contribution in [-0.4, -0.2) is 310 Å². The number of hydrogen-bond acceptors (Lipinski definition) is 23. The third-order valence-corrected chi connectivity index (χ3v) is 25.0. The lowest BCUT2D eigenvalue weighted by molar-refractivity contribution is -0.149. The molecule has 0 spiro atoms. The summed E-state index contributed by atoms with van der Waals surface area (Å²) in [7, 11) is 3.94. The van der Waals surface area contributed by atoms with Crippen LogP contribution in [0.4, 0.5) is 0 Å². The second kappa shape index (κ2) is 48.7. The largest absolute Gasteiger partial charge is 0.508 e. The first-order chi connectivity index (χ1) is 62.5. The number of ketones is 1. The van der Waals surface area contributed by atoms with E-state index in [4.69, 9.17) is 17.2 Å². The average molecular weight is 1840 g/mol. The fourth-order valence-corrected chi connectivity index (χ4v) is 17.3. The topological polar surface area (TPSA) is 614 Å². The van der Waals surface area contributed by atoms with Crippen molar-refractivity contribution >= 4 is 134 Å². The molecule has 6 aromatic rings. The summed E-state index contributed by atoms with van der Waals surface area (Å²) in [6.45, 7) is 4.12. The van der Waals surface area contributed by atoms with Crippen molar-refractivity contribution in [2.45, 2.75) is 228 Å². The number of benzene rings is 3.